The van der Waals surface area contributed by atoms with E-state index >= 15 is 0 Å². The lowest BCUT2D eigenvalue weighted by Crippen LogP contribution is -2.32. The molecular weight excluding hydrogens is 325 g/mol. The number of carbonyl (C=O) groups excluding carboxylic acids is 1. The number of hydrogen-bond donors (Lipinski definition) is 2. The van der Waals surface area contributed by atoms with E-state index in [4.69, 9.17) is 21.9 Å². The van der Waals surface area contributed by atoms with E-state index in [1.165, 1.54) is 0 Å². The van der Waals surface area contributed by atoms with Gasteiger partial charge in [-0.05, 0) is 30.5 Å². The summed E-state index contributed by atoms with van der Waals surface area (Å²) in [4.78, 5) is 11.8. The minimum Gasteiger partial charge on any atom is -0.354 e. The van der Waals surface area contributed by atoms with Crippen LogP contribution in [-0.2, 0) is 11.2 Å². The molecule has 0 aliphatic heterocycles. The topological polar surface area (TPSA) is 81.2 Å². The summed E-state index contributed by atoms with van der Waals surface area (Å²) in [5.74, 6) is -0.0713. The molecule has 0 aliphatic rings. The molecule has 1 aromatic carbocycles. The highest BCUT2D eigenvalue weighted by atomic mass is 35.5. The van der Waals surface area contributed by atoms with Crippen LogP contribution in [0.5, 0.6) is 0 Å². The zero-order valence-corrected chi connectivity index (χ0v) is 13.8. The average molecular weight is 344 g/mol. The standard InChI is InChI=1S/C15H18ClN3O2.ClH/c1-10-12(15(16)21-19-10)7-8-14(20)18-9-13(17)11-5-3-2-4-6-11;/h2-6,13H,7-9,17H2,1H3,(H,18,20);1H. The van der Waals surface area contributed by atoms with E-state index in [0.29, 0.717) is 25.1 Å². The molecule has 5 nitrogen and oxygen atoms in total. The summed E-state index contributed by atoms with van der Waals surface area (Å²) in [6.07, 6.45) is 0.823. The third kappa shape index (κ3) is 5.02. The number of rotatable bonds is 6. The Morgan fingerprint density at radius 3 is 2.68 bits per heavy atom. The maximum Gasteiger partial charge on any atom is 0.229 e. The molecule has 120 valence electrons. The maximum absolute atomic E-state index is 11.8. The first kappa shape index (κ1) is 18.5. The van der Waals surface area contributed by atoms with Crippen LogP contribution < -0.4 is 11.1 Å². The van der Waals surface area contributed by atoms with Crippen LogP contribution in [0, 0.1) is 6.92 Å². The number of aryl methyl sites for hydroxylation is 1. The second-order valence-electron chi connectivity index (χ2n) is 4.84. The molecular formula is C15H19Cl2N3O2. The zero-order valence-electron chi connectivity index (χ0n) is 12.2. The number of halogens is 2. The van der Waals surface area contributed by atoms with Crippen molar-refractivity contribution in [3.63, 3.8) is 0 Å². The van der Waals surface area contributed by atoms with Crippen molar-refractivity contribution in [2.45, 2.75) is 25.8 Å². The molecule has 0 spiro atoms. The van der Waals surface area contributed by atoms with Gasteiger partial charge in [0.25, 0.3) is 0 Å². The van der Waals surface area contributed by atoms with E-state index in [1.54, 1.807) is 6.92 Å². The summed E-state index contributed by atoms with van der Waals surface area (Å²) in [5.41, 5.74) is 8.51. The van der Waals surface area contributed by atoms with Gasteiger partial charge in [0, 0.05) is 24.6 Å². The predicted molar refractivity (Wildman–Crippen MR) is 88.2 cm³/mol. The lowest BCUT2D eigenvalue weighted by atomic mass is 10.1. The highest BCUT2D eigenvalue weighted by Crippen LogP contribution is 2.20. The molecule has 3 N–H and O–H groups in total. The first-order chi connectivity index (χ1) is 10.1. The lowest BCUT2D eigenvalue weighted by molar-refractivity contribution is -0.121. The van der Waals surface area contributed by atoms with Gasteiger partial charge in [-0.25, -0.2) is 0 Å². The van der Waals surface area contributed by atoms with Crippen LogP contribution in [0.1, 0.15) is 29.3 Å². The van der Waals surface area contributed by atoms with E-state index in [-0.39, 0.29) is 29.6 Å². The highest BCUT2D eigenvalue weighted by Gasteiger charge is 2.13. The monoisotopic (exact) mass is 343 g/mol. The van der Waals surface area contributed by atoms with Gasteiger partial charge in [-0.1, -0.05) is 35.5 Å². The molecule has 1 unspecified atom stereocenters. The normalized spacial score (nSPS) is 11.6. The Hall–Kier alpha value is -1.56. The molecule has 1 amide bonds. The molecule has 0 bridgehead atoms. The molecule has 0 saturated heterocycles. The van der Waals surface area contributed by atoms with Gasteiger partial charge < -0.3 is 15.6 Å². The summed E-state index contributed by atoms with van der Waals surface area (Å²) >= 11 is 5.86. The molecule has 0 fully saturated rings. The minimum absolute atomic E-state index is 0. The lowest BCUT2D eigenvalue weighted by Gasteiger charge is -2.13. The number of benzene rings is 1. The van der Waals surface area contributed by atoms with Crippen molar-refractivity contribution in [3.8, 4) is 0 Å². The molecule has 2 aromatic rings. The fourth-order valence-electron chi connectivity index (χ4n) is 2.01. The molecule has 7 heteroatoms. The Balaban J connectivity index is 0.00000242. The third-order valence-electron chi connectivity index (χ3n) is 3.29. The number of amides is 1. The Bertz CT molecular complexity index is 583. The summed E-state index contributed by atoms with van der Waals surface area (Å²) in [6, 6.07) is 9.45. The first-order valence-electron chi connectivity index (χ1n) is 6.76. The van der Waals surface area contributed by atoms with Crippen LogP contribution in [0.4, 0.5) is 0 Å². The average Bonchev–Trinajstić information content (AvgIpc) is 2.82. The Kier molecular flexibility index (Phi) is 7.38. The van der Waals surface area contributed by atoms with Gasteiger partial charge in [0.05, 0.1) is 5.69 Å². The van der Waals surface area contributed by atoms with E-state index in [2.05, 4.69) is 10.5 Å². The van der Waals surface area contributed by atoms with Crippen molar-refractivity contribution < 1.29 is 9.32 Å². The van der Waals surface area contributed by atoms with Gasteiger partial charge in [-0.15, -0.1) is 12.4 Å². The zero-order chi connectivity index (χ0) is 15.2. The van der Waals surface area contributed by atoms with Gasteiger partial charge in [0.15, 0.2) is 0 Å². The van der Waals surface area contributed by atoms with Crippen molar-refractivity contribution in [3.05, 3.63) is 52.4 Å². The van der Waals surface area contributed by atoms with Crippen LogP contribution in [0.15, 0.2) is 34.9 Å². The Morgan fingerprint density at radius 1 is 1.41 bits per heavy atom. The maximum atomic E-state index is 11.8. The van der Waals surface area contributed by atoms with Gasteiger partial charge in [-0.3, -0.25) is 4.79 Å². The van der Waals surface area contributed by atoms with E-state index in [9.17, 15) is 4.79 Å². The summed E-state index contributed by atoms with van der Waals surface area (Å²) < 4.78 is 4.85. The number of carbonyl (C=O) groups is 1. The Morgan fingerprint density at radius 2 is 2.09 bits per heavy atom. The van der Waals surface area contributed by atoms with Crippen LogP contribution >= 0.6 is 24.0 Å². The van der Waals surface area contributed by atoms with Crippen LogP contribution in [0.3, 0.4) is 0 Å². The fraction of sp³-hybridized carbons (Fsp3) is 0.333. The number of nitrogens with zero attached hydrogens (tertiary/aromatic N) is 1. The second-order valence-corrected chi connectivity index (χ2v) is 5.18. The van der Waals surface area contributed by atoms with Crippen LogP contribution in [0.25, 0.3) is 0 Å². The highest BCUT2D eigenvalue weighted by molar-refractivity contribution is 6.29. The minimum atomic E-state index is -0.212. The molecule has 1 atom stereocenters. The largest absolute Gasteiger partial charge is 0.354 e. The summed E-state index contributed by atoms with van der Waals surface area (Å²) in [6.45, 7) is 2.20. The molecule has 2 rings (SSSR count). The molecule has 1 heterocycles. The van der Waals surface area contributed by atoms with Crippen molar-refractivity contribution in [2.75, 3.05) is 6.54 Å². The van der Waals surface area contributed by atoms with Crippen LogP contribution in [-0.4, -0.2) is 17.6 Å². The van der Waals surface area contributed by atoms with E-state index < -0.39 is 0 Å². The molecule has 0 saturated carbocycles. The fourth-order valence-corrected chi connectivity index (χ4v) is 2.27. The smallest absolute Gasteiger partial charge is 0.229 e. The van der Waals surface area contributed by atoms with Gasteiger partial charge in [0.2, 0.25) is 11.1 Å². The van der Waals surface area contributed by atoms with Gasteiger partial charge >= 0.3 is 0 Å². The molecule has 0 aliphatic carbocycles. The predicted octanol–water partition coefficient (Wildman–Crippen LogP) is 2.81. The summed E-state index contributed by atoms with van der Waals surface area (Å²) in [7, 11) is 0. The molecule has 1 aromatic heterocycles. The summed E-state index contributed by atoms with van der Waals surface area (Å²) in [5, 5.41) is 6.82. The SMILES string of the molecule is Cc1noc(Cl)c1CCC(=O)NCC(N)c1ccccc1.Cl. The molecule has 22 heavy (non-hydrogen) atoms. The number of aromatic nitrogens is 1. The van der Waals surface area contributed by atoms with Crippen molar-refractivity contribution in [1.82, 2.24) is 10.5 Å². The molecule has 0 radical (unpaired) electrons. The number of nitrogens with two attached hydrogens (primary N) is 1. The first-order valence-corrected chi connectivity index (χ1v) is 7.13. The third-order valence-corrected chi connectivity index (χ3v) is 3.58. The van der Waals surface area contributed by atoms with Crippen molar-refractivity contribution in [2.24, 2.45) is 5.73 Å². The van der Waals surface area contributed by atoms with Crippen LogP contribution in [0.2, 0.25) is 5.22 Å². The number of hydrogen-bond acceptors (Lipinski definition) is 4. The van der Waals surface area contributed by atoms with E-state index in [1.807, 2.05) is 30.3 Å². The van der Waals surface area contributed by atoms with Gasteiger partial charge in [0.1, 0.15) is 0 Å². The quantitative estimate of drug-likeness (QED) is 0.844. The van der Waals surface area contributed by atoms with Crippen molar-refractivity contribution in [1.29, 1.82) is 0 Å². The van der Waals surface area contributed by atoms with Crippen molar-refractivity contribution >= 4 is 29.9 Å². The van der Waals surface area contributed by atoms with E-state index in [0.717, 1.165) is 11.1 Å². The number of nitrogens with one attached hydrogen (secondary N) is 1. The second kappa shape index (κ2) is 8.78. The van der Waals surface area contributed by atoms with Gasteiger partial charge in [-0.2, -0.15) is 0 Å². The Labute approximate surface area is 140 Å².